The van der Waals surface area contributed by atoms with Gasteiger partial charge >= 0.3 is 0 Å². The Labute approximate surface area is 131 Å². The van der Waals surface area contributed by atoms with Gasteiger partial charge in [0.1, 0.15) is 5.75 Å². The number of amides is 1. The molecule has 7 heteroatoms. The van der Waals surface area contributed by atoms with E-state index in [1.165, 1.54) is 4.31 Å². The zero-order chi connectivity index (χ0) is 16.3. The van der Waals surface area contributed by atoms with E-state index in [1.54, 1.807) is 25.1 Å². The standard InChI is InChI=1S/C15H22N2O4S/c1-3-21-13-6-7-14(11(2)9-13)22(19,20)17-8-4-5-12(10-17)15(16)18/h6-7,9,12H,3-5,8,10H2,1-2H3,(H2,16,18). The lowest BCUT2D eigenvalue weighted by Crippen LogP contribution is -2.44. The normalized spacial score (nSPS) is 19.8. The highest BCUT2D eigenvalue weighted by Crippen LogP contribution is 2.27. The number of carbonyl (C=O) groups excluding carboxylic acids is 1. The molecule has 0 aromatic heterocycles. The average Bonchev–Trinajstić information content (AvgIpc) is 2.47. The molecule has 0 saturated carbocycles. The second kappa shape index (κ2) is 6.66. The molecule has 0 spiro atoms. The van der Waals surface area contributed by atoms with Crippen molar-refractivity contribution in [2.45, 2.75) is 31.6 Å². The van der Waals surface area contributed by atoms with Crippen LogP contribution in [-0.4, -0.2) is 38.3 Å². The summed E-state index contributed by atoms with van der Waals surface area (Å²) in [6.07, 6.45) is 1.28. The SMILES string of the molecule is CCOc1ccc(S(=O)(=O)N2CCCC(C(N)=O)C2)c(C)c1. The van der Waals surface area contributed by atoms with E-state index in [-0.39, 0.29) is 11.4 Å². The molecule has 1 saturated heterocycles. The maximum Gasteiger partial charge on any atom is 0.243 e. The highest BCUT2D eigenvalue weighted by molar-refractivity contribution is 7.89. The van der Waals surface area contributed by atoms with Gasteiger partial charge in [0.25, 0.3) is 0 Å². The van der Waals surface area contributed by atoms with Crippen molar-refractivity contribution in [2.24, 2.45) is 11.7 Å². The van der Waals surface area contributed by atoms with Crippen LogP contribution in [0.4, 0.5) is 0 Å². The fraction of sp³-hybridized carbons (Fsp3) is 0.533. The van der Waals surface area contributed by atoms with E-state index in [0.29, 0.717) is 37.3 Å². The molecule has 0 radical (unpaired) electrons. The molecule has 122 valence electrons. The summed E-state index contributed by atoms with van der Waals surface area (Å²) in [4.78, 5) is 11.6. The van der Waals surface area contributed by atoms with Crippen LogP contribution < -0.4 is 10.5 Å². The van der Waals surface area contributed by atoms with Crippen molar-refractivity contribution in [3.63, 3.8) is 0 Å². The minimum Gasteiger partial charge on any atom is -0.494 e. The third-order valence-electron chi connectivity index (χ3n) is 3.86. The van der Waals surface area contributed by atoms with Crippen LogP contribution in [0.15, 0.2) is 23.1 Å². The van der Waals surface area contributed by atoms with Crippen LogP contribution >= 0.6 is 0 Å². The van der Waals surface area contributed by atoms with Gasteiger partial charge in [0, 0.05) is 13.1 Å². The number of hydrogen-bond acceptors (Lipinski definition) is 4. The first-order valence-electron chi connectivity index (χ1n) is 7.39. The van der Waals surface area contributed by atoms with Gasteiger partial charge in [-0.1, -0.05) is 0 Å². The lowest BCUT2D eigenvalue weighted by molar-refractivity contribution is -0.122. The maximum atomic E-state index is 12.8. The first-order valence-corrected chi connectivity index (χ1v) is 8.83. The number of ether oxygens (including phenoxy) is 1. The van der Waals surface area contributed by atoms with E-state index >= 15 is 0 Å². The zero-order valence-electron chi connectivity index (χ0n) is 12.9. The quantitative estimate of drug-likeness (QED) is 0.882. The minimum atomic E-state index is -3.62. The third-order valence-corrected chi connectivity index (χ3v) is 5.89. The maximum absolute atomic E-state index is 12.8. The van der Waals surface area contributed by atoms with Crippen molar-refractivity contribution in [2.75, 3.05) is 19.7 Å². The number of carbonyl (C=O) groups is 1. The molecule has 1 amide bonds. The Kier molecular flexibility index (Phi) is 5.08. The number of nitrogens with zero attached hydrogens (tertiary/aromatic N) is 1. The van der Waals surface area contributed by atoms with Crippen molar-refractivity contribution in [3.8, 4) is 5.75 Å². The van der Waals surface area contributed by atoms with Crippen LogP contribution in [0.3, 0.4) is 0 Å². The molecule has 2 N–H and O–H groups in total. The highest BCUT2D eigenvalue weighted by atomic mass is 32.2. The minimum absolute atomic E-state index is 0.157. The predicted octanol–water partition coefficient (Wildman–Crippen LogP) is 1.28. The van der Waals surface area contributed by atoms with Gasteiger partial charge in [0.2, 0.25) is 15.9 Å². The van der Waals surface area contributed by atoms with E-state index < -0.39 is 21.8 Å². The molecule has 0 aliphatic carbocycles. The van der Waals surface area contributed by atoms with Crippen molar-refractivity contribution < 1.29 is 17.9 Å². The number of hydrogen-bond donors (Lipinski definition) is 1. The molecular weight excluding hydrogens is 304 g/mol. The Morgan fingerprint density at radius 2 is 2.18 bits per heavy atom. The zero-order valence-corrected chi connectivity index (χ0v) is 13.7. The predicted molar refractivity (Wildman–Crippen MR) is 83.0 cm³/mol. The van der Waals surface area contributed by atoms with Crippen LogP contribution in [0.2, 0.25) is 0 Å². The Bertz CT molecular complexity index is 658. The van der Waals surface area contributed by atoms with Crippen LogP contribution in [-0.2, 0) is 14.8 Å². The second-order valence-electron chi connectivity index (χ2n) is 5.46. The summed E-state index contributed by atoms with van der Waals surface area (Å²) < 4.78 is 32.3. The van der Waals surface area contributed by atoms with Crippen LogP contribution in [0.1, 0.15) is 25.3 Å². The van der Waals surface area contributed by atoms with Gasteiger partial charge in [-0.3, -0.25) is 4.79 Å². The molecule has 1 aromatic carbocycles. The number of nitrogens with two attached hydrogens (primary N) is 1. The number of sulfonamides is 1. The summed E-state index contributed by atoms with van der Waals surface area (Å²) in [5, 5.41) is 0. The van der Waals surface area contributed by atoms with Crippen molar-refractivity contribution >= 4 is 15.9 Å². The summed E-state index contributed by atoms with van der Waals surface area (Å²) >= 11 is 0. The smallest absolute Gasteiger partial charge is 0.243 e. The number of aryl methyl sites for hydroxylation is 1. The molecule has 0 bridgehead atoms. The van der Waals surface area contributed by atoms with E-state index in [0.717, 1.165) is 0 Å². The van der Waals surface area contributed by atoms with Gasteiger partial charge in [-0.05, 0) is 50.5 Å². The van der Waals surface area contributed by atoms with Crippen LogP contribution in [0, 0.1) is 12.8 Å². The Balaban J connectivity index is 2.28. The summed E-state index contributed by atoms with van der Waals surface area (Å²) in [7, 11) is -3.62. The number of benzene rings is 1. The first kappa shape index (κ1) is 16.8. The summed E-state index contributed by atoms with van der Waals surface area (Å²) in [6.45, 7) is 4.71. The van der Waals surface area contributed by atoms with Gasteiger partial charge in [0.15, 0.2) is 0 Å². The lowest BCUT2D eigenvalue weighted by atomic mass is 9.99. The highest BCUT2D eigenvalue weighted by Gasteiger charge is 2.33. The summed E-state index contributed by atoms with van der Waals surface area (Å²) in [5.74, 6) is -0.206. The molecule has 1 aliphatic rings. The van der Waals surface area contributed by atoms with E-state index in [1.807, 2.05) is 6.92 Å². The number of primary amides is 1. The molecule has 1 atom stereocenters. The monoisotopic (exact) mass is 326 g/mol. The lowest BCUT2D eigenvalue weighted by Gasteiger charge is -2.30. The van der Waals surface area contributed by atoms with Gasteiger partial charge in [-0.2, -0.15) is 4.31 Å². The Hall–Kier alpha value is -1.60. The van der Waals surface area contributed by atoms with Crippen molar-refractivity contribution in [1.82, 2.24) is 4.31 Å². The van der Waals surface area contributed by atoms with Crippen molar-refractivity contribution in [3.05, 3.63) is 23.8 Å². The van der Waals surface area contributed by atoms with Gasteiger partial charge < -0.3 is 10.5 Å². The van der Waals surface area contributed by atoms with Crippen molar-refractivity contribution in [1.29, 1.82) is 0 Å². The largest absolute Gasteiger partial charge is 0.494 e. The first-order chi connectivity index (χ1) is 10.4. The fourth-order valence-corrected chi connectivity index (χ4v) is 4.43. The summed E-state index contributed by atoms with van der Waals surface area (Å²) in [6, 6.07) is 4.92. The van der Waals surface area contributed by atoms with Gasteiger partial charge in [0.05, 0.1) is 17.4 Å². The molecule has 6 nitrogen and oxygen atoms in total. The second-order valence-corrected chi connectivity index (χ2v) is 7.37. The average molecular weight is 326 g/mol. The molecule has 1 unspecified atom stereocenters. The number of piperidine rings is 1. The van der Waals surface area contributed by atoms with Crippen LogP contribution in [0.25, 0.3) is 0 Å². The molecule has 1 fully saturated rings. The Morgan fingerprint density at radius 3 is 2.77 bits per heavy atom. The van der Waals surface area contributed by atoms with E-state index in [9.17, 15) is 13.2 Å². The summed E-state index contributed by atoms with van der Waals surface area (Å²) in [5.41, 5.74) is 5.95. The fourth-order valence-electron chi connectivity index (χ4n) is 2.70. The Morgan fingerprint density at radius 1 is 1.45 bits per heavy atom. The van der Waals surface area contributed by atoms with Gasteiger partial charge in [-0.25, -0.2) is 8.42 Å². The molecule has 22 heavy (non-hydrogen) atoms. The third kappa shape index (κ3) is 3.41. The molecule has 1 aliphatic heterocycles. The van der Waals surface area contributed by atoms with E-state index in [2.05, 4.69) is 0 Å². The number of rotatable bonds is 5. The van der Waals surface area contributed by atoms with Crippen LogP contribution in [0.5, 0.6) is 5.75 Å². The van der Waals surface area contributed by atoms with Gasteiger partial charge in [-0.15, -0.1) is 0 Å². The molecular formula is C15H22N2O4S. The molecule has 1 heterocycles. The molecule has 2 rings (SSSR count). The van der Waals surface area contributed by atoms with E-state index in [4.69, 9.17) is 10.5 Å². The molecule has 1 aromatic rings. The topological polar surface area (TPSA) is 89.7 Å².